The second kappa shape index (κ2) is 7.93. The van der Waals surface area contributed by atoms with E-state index in [1.807, 2.05) is 17.0 Å². The Balaban J connectivity index is 1.85. The number of urea groups is 1. The van der Waals surface area contributed by atoms with Gasteiger partial charge in [-0.1, -0.05) is 43.1 Å². The molecule has 0 aliphatic carbocycles. The SMILES string of the molecule is CC(C)CCNC(=O)N1CCN(c2cccc(Cl)c2Cl)CC1. The van der Waals surface area contributed by atoms with Crippen LogP contribution in [-0.2, 0) is 0 Å². The van der Waals surface area contributed by atoms with Gasteiger partial charge < -0.3 is 15.1 Å². The van der Waals surface area contributed by atoms with Crippen LogP contribution in [0.4, 0.5) is 10.5 Å². The molecular weight excluding hydrogens is 321 g/mol. The minimum absolute atomic E-state index is 0.0255. The normalized spacial score (nSPS) is 15.3. The molecule has 1 aromatic carbocycles. The van der Waals surface area contributed by atoms with Crippen LogP contribution in [0.1, 0.15) is 20.3 Å². The van der Waals surface area contributed by atoms with Gasteiger partial charge in [-0.05, 0) is 24.5 Å². The Hall–Kier alpha value is -1.13. The number of amides is 2. The average molecular weight is 344 g/mol. The van der Waals surface area contributed by atoms with E-state index in [1.165, 1.54) is 0 Å². The van der Waals surface area contributed by atoms with Crippen LogP contribution in [0.2, 0.25) is 10.0 Å². The Morgan fingerprint density at radius 3 is 2.55 bits per heavy atom. The standard InChI is InChI=1S/C16H23Cl2N3O/c1-12(2)6-7-19-16(22)21-10-8-20(9-11-21)14-5-3-4-13(17)15(14)18/h3-5,12H,6-11H2,1-2H3,(H,19,22). The zero-order chi connectivity index (χ0) is 16.1. The second-order valence-corrected chi connectivity index (χ2v) is 6.75. The van der Waals surface area contributed by atoms with Gasteiger partial charge in [0.1, 0.15) is 0 Å². The van der Waals surface area contributed by atoms with E-state index in [9.17, 15) is 4.79 Å². The molecule has 6 heteroatoms. The van der Waals surface area contributed by atoms with Crippen molar-refractivity contribution in [3.63, 3.8) is 0 Å². The number of carbonyl (C=O) groups is 1. The summed E-state index contributed by atoms with van der Waals surface area (Å²) >= 11 is 12.3. The van der Waals surface area contributed by atoms with Crippen molar-refractivity contribution in [2.24, 2.45) is 5.92 Å². The molecule has 1 N–H and O–H groups in total. The second-order valence-electron chi connectivity index (χ2n) is 5.96. The first kappa shape index (κ1) is 17.2. The van der Waals surface area contributed by atoms with E-state index in [2.05, 4.69) is 24.1 Å². The number of nitrogens with one attached hydrogen (secondary N) is 1. The van der Waals surface area contributed by atoms with Crippen molar-refractivity contribution in [1.29, 1.82) is 0 Å². The maximum atomic E-state index is 12.1. The van der Waals surface area contributed by atoms with Crippen LogP contribution < -0.4 is 10.2 Å². The van der Waals surface area contributed by atoms with Gasteiger partial charge in [0.25, 0.3) is 0 Å². The summed E-state index contributed by atoms with van der Waals surface area (Å²) in [4.78, 5) is 16.1. The summed E-state index contributed by atoms with van der Waals surface area (Å²) in [6.45, 7) is 7.94. The monoisotopic (exact) mass is 343 g/mol. The fourth-order valence-electron chi connectivity index (χ4n) is 2.47. The molecule has 0 unspecified atom stereocenters. The molecule has 0 atom stereocenters. The van der Waals surface area contributed by atoms with Crippen molar-refractivity contribution in [2.45, 2.75) is 20.3 Å². The van der Waals surface area contributed by atoms with E-state index in [0.717, 1.165) is 31.7 Å². The van der Waals surface area contributed by atoms with Gasteiger partial charge in [-0.2, -0.15) is 0 Å². The Kier molecular flexibility index (Phi) is 6.21. The van der Waals surface area contributed by atoms with Crippen molar-refractivity contribution in [2.75, 3.05) is 37.6 Å². The number of rotatable bonds is 4. The Morgan fingerprint density at radius 1 is 1.23 bits per heavy atom. The van der Waals surface area contributed by atoms with Crippen molar-refractivity contribution in [3.05, 3.63) is 28.2 Å². The zero-order valence-electron chi connectivity index (χ0n) is 13.1. The molecule has 0 spiro atoms. The lowest BCUT2D eigenvalue weighted by Gasteiger charge is -2.36. The fourth-order valence-corrected chi connectivity index (χ4v) is 2.88. The quantitative estimate of drug-likeness (QED) is 0.900. The highest BCUT2D eigenvalue weighted by atomic mass is 35.5. The summed E-state index contributed by atoms with van der Waals surface area (Å²) in [6.07, 6.45) is 1.00. The molecule has 1 aromatic rings. The van der Waals surface area contributed by atoms with E-state index in [4.69, 9.17) is 23.2 Å². The number of hydrogen-bond donors (Lipinski definition) is 1. The van der Waals surface area contributed by atoms with E-state index in [1.54, 1.807) is 6.07 Å². The molecule has 0 bridgehead atoms. The van der Waals surface area contributed by atoms with Crippen LogP contribution in [0.15, 0.2) is 18.2 Å². The number of benzene rings is 1. The molecular formula is C16H23Cl2N3O. The number of piperazine rings is 1. The summed E-state index contributed by atoms with van der Waals surface area (Å²) in [6, 6.07) is 5.67. The van der Waals surface area contributed by atoms with Gasteiger partial charge in [-0.3, -0.25) is 0 Å². The molecule has 1 aliphatic rings. The van der Waals surface area contributed by atoms with E-state index in [0.29, 0.717) is 29.1 Å². The number of hydrogen-bond acceptors (Lipinski definition) is 2. The van der Waals surface area contributed by atoms with E-state index < -0.39 is 0 Å². The molecule has 1 saturated heterocycles. The molecule has 0 aromatic heterocycles. The first-order valence-electron chi connectivity index (χ1n) is 7.70. The van der Waals surface area contributed by atoms with Crippen molar-refractivity contribution < 1.29 is 4.79 Å². The smallest absolute Gasteiger partial charge is 0.317 e. The maximum Gasteiger partial charge on any atom is 0.317 e. The molecule has 4 nitrogen and oxygen atoms in total. The lowest BCUT2D eigenvalue weighted by Crippen LogP contribution is -2.52. The highest BCUT2D eigenvalue weighted by molar-refractivity contribution is 6.43. The summed E-state index contributed by atoms with van der Waals surface area (Å²) in [5.74, 6) is 0.599. The van der Waals surface area contributed by atoms with Gasteiger partial charge in [-0.25, -0.2) is 4.79 Å². The van der Waals surface area contributed by atoms with Crippen molar-refractivity contribution in [3.8, 4) is 0 Å². The molecule has 0 radical (unpaired) electrons. The van der Waals surface area contributed by atoms with E-state index in [-0.39, 0.29) is 6.03 Å². The third kappa shape index (κ3) is 4.43. The molecule has 1 aliphatic heterocycles. The van der Waals surface area contributed by atoms with Gasteiger partial charge in [0, 0.05) is 32.7 Å². The Bertz CT molecular complexity index is 514. The first-order chi connectivity index (χ1) is 10.5. The zero-order valence-corrected chi connectivity index (χ0v) is 14.6. The van der Waals surface area contributed by atoms with Gasteiger partial charge >= 0.3 is 6.03 Å². The largest absolute Gasteiger partial charge is 0.367 e. The summed E-state index contributed by atoms with van der Waals surface area (Å²) in [5, 5.41) is 4.13. The van der Waals surface area contributed by atoms with Crippen LogP contribution in [-0.4, -0.2) is 43.7 Å². The fraction of sp³-hybridized carbons (Fsp3) is 0.562. The Morgan fingerprint density at radius 2 is 1.91 bits per heavy atom. The lowest BCUT2D eigenvalue weighted by atomic mass is 10.1. The number of carbonyl (C=O) groups excluding carboxylic acids is 1. The van der Waals surface area contributed by atoms with Crippen LogP contribution in [0.3, 0.4) is 0 Å². The molecule has 2 rings (SSSR count). The summed E-state index contributed by atoms with van der Waals surface area (Å²) in [7, 11) is 0. The van der Waals surface area contributed by atoms with Crippen LogP contribution in [0.5, 0.6) is 0 Å². The third-order valence-corrected chi connectivity index (χ3v) is 4.65. The van der Waals surface area contributed by atoms with Crippen molar-refractivity contribution in [1.82, 2.24) is 10.2 Å². The molecule has 1 fully saturated rings. The molecule has 122 valence electrons. The van der Waals surface area contributed by atoms with Crippen LogP contribution in [0, 0.1) is 5.92 Å². The highest BCUT2D eigenvalue weighted by Crippen LogP contribution is 2.32. The number of anilines is 1. The van der Waals surface area contributed by atoms with Gasteiger partial charge in [0.15, 0.2) is 0 Å². The molecule has 2 amide bonds. The topological polar surface area (TPSA) is 35.6 Å². The minimum atomic E-state index is 0.0255. The number of nitrogens with zero attached hydrogens (tertiary/aromatic N) is 2. The predicted molar refractivity (Wildman–Crippen MR) is 93.1 cm³/mol. The van der Waals surface area contributed by atoms with Crippen molar-refractivity contribution >= 4 is 34.9 Å². The van der Waals surface area contributed by atoms with Gasteiger partial charge in [0.05, 0.1) is 15.7 Å². The maximum absolute atomic E-state index is 12.1. The van der Waals surface area contributed by atoms with Gasteiger partial charge in [0.2, 0.25) is 0 Å². The Labute approximate surface area is 142 Å². The molecule has 1 heterocycles. The van der Waals surface area contributed by atoms with Crippen LogP contribution in [0.25, 0.3) is 0 Å². The first-order valence-corrected chi connectivity index (χ1v) is 8.46. The van der Waals surface area contributed by atoms with Crippen LogP contribution >= 0.6 is 23.2 Å². The summed E-state index contributed by atoms with van der Waals surface area (Å²) < 4.78 is 0. The molecule has 0 saturated carbocycles. The molecule has 22 heavy (non-hydrogen) atoms. The minimum Gasteiger partial charge on any atom is -0.367 e. The highest BCUT2D eigenvalue weighted by Gasteiger charge is 2.22. The summed E-state index contributed by atoms with van der Waals surface area (Å²) in [5.41, 5.74) is 0.939. The van der Waals surface area contributed by atoms with Gasteiger partial charge in [-0.15, -0.1) is 0 Å². The predicted octanol–water partition coefficient (Wildman–Crippen LogP) is 3.87. The lowest BCUT2D eigenvalue weighted by molar-refractivity contribution is 0.194. The van der Waals surface area contributed by atoms with E-state index >= 15 is 0 Å². The average Bonchev–Trinajstić information content (AvgIpc) is 2.50. The third-order valence-electron chi connectivity index (χ3n) is 3.84. The number of halogens is 2.